The van der Waals surface area contributed by atoms with E-state index in [2.05, 4.69) is 10.3 Å². The van der Waals surface area contributed by atoms with Crippen molar-refractivity contribution in [3.05, 3.63) is 41.2 Å². The predicted octanol–water partition coefficient (Wildman–Crippen LogP) is 3.13. The number of fused-ring (bicyclic) bond motifs is 1. The molecule has 0 radical (unpaired) electrons. The Morgan fingerprint density at radius 2 is 1.88 bits per heavy atom. The molecule has 3 heterocycles. The lowest BCUT2D eigenvalue weighted by atomic mass is 9.85. The van der Waals surface area contributed by atoms with E-state index in [0.717, 1.165) is 18.6 Å². The zero-order valence-corrected chi connectivity index (χ0v) is 18.6. The summed E-state index contributed by atoms with van der Waals surface area (Å²) in [7, 11) is 0. The van der Waals surface area contributed by atoms with Crippen LogP contribution >= 0.6 is 0 Å². The van der Waals surface area contributed by atoms with Gasteiger partial charge in [0.15, 0.2) is 17.3 Å². The van der Waals surface area contributed by atoms with Gasteiger partial charge in [-0.25, -0.2) is 13.8 Å². The Bertz CT molecular complexity index is 1040. The zero-order chi connectivity index (χ0) is 23.0. The van der Waals surface area contributed by atoms with Crippen molar-refractivity contribution >= 4 is 11.8 Å². The molecule has 1 atom stereocenters. The summed E-state index contributed by atoms with van der Waals surface area (Å²) in [4.78, 5) is 32.5. The van der Waals surface area contributed by atoms with Gasteiger partial charge >= 0.3 is 0 Å². The van der Waals surface area contributed by atoms with E-state index in [4.69, 9.17) is 4.74 Å². The van der Waals surface area contributed by atoms with Gasteiger partial charge in [0.2, 0.25) is 5.91 Å². The number of carbonyl (C=O) groups is 2. The van der Waals surface area contributed by atoms with Crippen LogP contribution in [-0.4, -0.2) is 52.0 Å². The van der Waals surface area contributed by atoms with Gasteiger partial charge in [0.25, 0.3) is 5.91 Å². The van der Waals surface area contributed by atoms with Gasteiger partial charge in [-0.3, -0.25) is 9.59 Å². The fourth-order valence-electron chi connectivity index (χ4n) is 3.97. The van der Waals surface area contributed by atoms with E-state index >= 15 is 0 Å². The SMILES string of the molecule is CC(C)(C)C(NC(=O)c1nc(-c2ccc(F)c(F)c2)n2c1COCCC2)C(=O)N1CCC1. The first-order valence-electron chi connectivity index (χ1n) is 10.9. The highest BCUT2D eigenvalue weighted by Crippen LogP contribution is 2.28. The molecule has 2 aromatic rings. The Labute approximate surface area is 185 Å². The minimum Gasteiger partial charge on any atom is -0.375 e. The van der Waals surface area contributed by atoms with Crippen molar-refractivity contribution in [2.75, 3.05) is 19.7 Å². The van der Waals surface area contributed by atoms with E-state index in [1.165, 1.54) is 6.07 Å². The van der Waals surface area contributed by atoms with Gasteiger partial charge in [-0.2, -0.15) is 0 Å². The summed E-state index contributed by atoms with van der Waals surface area (Å²) in [6.45, 7) is 8.29. The molecule has 2 aliphatic rings. The average molecular weight is 446 g/mol. The zero-order valence-electron chi connectivity index (χ0n) is 18.6. The second-order valence-electron chi connectivity index (χ2n) is 9.37. The Morgan fingerprint density at radius 3 is 2.50 bits per heavy atom. The standard InChI is InChI=1S/C23H28F2N4O3/c1-23(2,3)19(22(31)28-8-4-9-28)27-21(30)18-17-13-32-11-5-10-29(17)20(26-18)14-6-7-15(24)16(25)12-14/h6-7,12,19H,4-5,8-11,13H2,1-3H3,(H,27,30). The van der Waals surface area contributed by atoms with E-state index < -0.39 is 29.0 Å². The number of halogens is 2. The molecule has 1 saturated heterocycles. The molecule has 4 rings (SSSR count). The van der Waals surface area contributed by atoms with Crippen LogP contribution in [0.4, 0.5) is 8.78 Å². The maximum atomic E-state index is 13.9. The number of carbonyl (C=O) groups excluding carboxylic acids is 2. The Morgan fingerprint density at radius 1 is 1.12 bits per heavy atom. The van der Waals surface area contributed by atoms with Gasteiger partial charge in [0.05, 0.1) is 12.3 Å². The maximum absolute atomic E-state index is 13.9. The van der Waals surface area contributed by atoms with E-state index in [1.54, 1.807) is 4.90 Å². The molecular weight excluding hydrogens is 418 g/mol. The number of nitrogens with one attached hydrogen (secondary N) is 1. The Kier molecular flexibility index (Phi) is 6.03. The second kappa shape index (κ2) is 8.61. The fraction of sp³-hybridized carbons (Fsp3) is 0.522. The van der Waals surface area contributed by atoms with Gasteiger partial charge < -0.3 is 19.5 Å². The van der Waals surface area contributed by atoms with Gasteiger partial charge in [0, 0.05) is 31.8 Å². The van der Waals surface area contributed by atoms with E-state index in [1.807, 2.05) is 25.3 Å². The van der Waals surface area contributed by atoms with Crippen LogP contribution in [0.5, 0.6) is 0 Å². The monoisotopic (exact) mass is 446 g/mol. The maximum Gasteiger partial charge on any atom is 0.272 e. The van der Waals surface area contributed by atoms with Crippen LogP contribution in [-0.2, 0) is 22.7 Å². The molecule has 0 bridgehead atoms. The van der Waals surface area contributed by atoms with Crippen LogP contribution in [0.25, 0.3) is 11.4 Å². The highest BCUT2D eigenvalue weighted by molar-refractivity contribution is 5.98. The molecule has 0 aliphatic carbocycles. The predicted molar refractivity (Wildman–Crippen MR) is 114 cm³/mol. The van der Waals surface area contributed by atoms with E-state index in [-0.39, 0.29) is 18.2 Å². The smallest absolute Gasteiger partial charge is 0.272 e. The molecule has 1 aromatic heterocycles. The van der Waals surface area contributed by atoms with Crippen LogP contribution in [0.2, 0.25) is 0 Å². The fourth-order valence-corrected chi connectivity index (χ4v) is 3.97. The van der Waals surface area contributed by atoms with Crippen molar-refractivity contribution in [1.82, 2.24) is 19.8 Å². The third-order valence-corrected chi connectivity index (χ3v) is 5.93. The second-order valence-corrected chi connectivity index (χ2v) is 9.37. The van der Waals surface area contributed by atoms with Crippen molar-refractivity contribution in [2.24, 2.45) is 5.41 Å². The summed E-state index contributed by atoms with van der Waals surface area (Å²) < 4.78 is 34.8. The molecule has 0 spiro atoms. The van der Waals surface area contributed by atoms with Gasteiger partial charge in [0.1, 0.15) is 11.9 Å². The van der Waals surface area contributed by atoms with Gasteiger partial charge in [-0.1, -0.05) is 20.8 Å². The molecule has 7 nitrogen and oxygen atoms in total. The molecule has 2 amide bonds. The highest BCUT2D eigenvalue weighted by atomic mass is 19.2. The molecule has 1 N–H and O–H groups in total. The molecule has 32 heavy (non-hydrogen) atoms. The van der Waals surface area contributed by atoms with E-state index in [9.17, 15) is 18.4 Å². The minimum atomic E-state index is -0.983. The number of hydrogen-bond acceptors (Lipinski definition) is 4. The largest absolute Gasteiger partial charge is 0.375 e. The first-order valence-corrected chi connectivity index (χ1v) is 10.9. The van der Waals surface area contributed by atoms with Crippen molar-refractivity contribution < 1.29 is 23.1 Å². The van der Waals surface area contributed by atoms with Crippen LogP contribution in [0, 0.1) is 17.0 Å². The highest BCUT2D eigenvalue weighted by Gasteiger charge is 2.38. The van der Waals surface area contributed by atoms with Gasteiger partial charge in [-0.05, 0) is 36.5 Å². The molecule has 2 aliphatic heterocycles. The Balaban J connectivity index is 1.70. The molecule has 1 fully saturated rings. The van der Waals surface area contributed by atoms with Crippen LogP contribution in [0.3, 0.4) is 0 Å². The van der Waals surface area contributed by atoms with Crippen LogP contribution < -0.4 is 5.32 Å². The number of amides is 2. The topological polar surface area (TPSA) is 76.5 Å². The first kappa shape index (κ1) is 22.4. The van der Waals surface area contributed by atoms with Crippen LogP contribution in [0.15, 0.2) is 18.2 Å². The van der Waals surface area contributed by atoms with Crippen molar-refractivity contribution in [2.45, 2.75) is 52.8 Å². The normalized spacial score (nSPS) is 17.2. The molecule has 1 aromatic carbocycles. The number of hydrogen-bond donors (Lipinski definition) is 1. The molecular formula is C23H28F2N4O3. The lowest BCUT2D eigenvalue weighted by Gasteiger charge is -2.38. The quantitative estimate of drug-likeness (QED) is 0.783. The Hall–Kier alpha value is -2.81. The summed E-state index contributed by atoms with van der Waals surface area (Å²) in [6, 6.07) is 2.84. The van der Waals surface area contributed by atoms with Crippen molar-refractivity contribution in [1.29, 1.82) is 0 Å². The first-order chi connectivity index (χ1) is 15.2. The van der Waals surface area contributed by atoms with Crippen molar-refractivity contribution in [3.63, 3.8) is 0 Å². The third-order valence-electron chi connectivity index (χ3n) is 5.93. The third kappa shape index (κ3) is 4.26. The minimum absolute atomic E-state index is 0.112. The average Bonchev–Trinajstić information content (AvgIpc) is 2.87. The van der Waals surface area contributed by atoms with E-state index in [0.29, 0.717) is 49.7 Å². The number of benzene rings is 1. The number of nitrogens with zero attached hydrogens (tertiary/aromatic N) is 3. The van der Waals surface area contributed by atoms with Crippen molar-refractivity contribution in [3.8, 4) is 11.4 Å². The number of likely N-dealkylation sites (tertiary alicyclic amines) is 1. The number of imidazole rings is 1. The summed E-state index contributed by atoms with van der Waals surface area (Å²) in [5, 5.41) is 2.88. The number of rotatable bonds is 4. The lowest BCUT2D eigenvalue weighted by Crippen LogP contribution is -2.57. The van der Waals surface area contributed by atoms with Gasteiger partial charge in [-0.15, -0.1) is 0 Å². The number of aromatic nitrogens is 2. The summed E-state index contributed by atoms with van der Waals surface area (Å²) >= 11 is 0. The summed E-state index contributed by atoms with van der Waals surface area (Å²) in [5.74, 6) is -2.16. The number of ether oxygens (including phenoxy) is 1. The molecule has 1 unspecified atom stereocenters. The molecule has 9 heteroatoms. The van der Waals surface area contributed by atoms with Crippen LogP contribution in [0.1, 0.15) is 49.8 Å². The lowest BCUT2D eigenvalue weighted by molar-refractivity contribution is -0.139. The molecule has 172 valence electrons. The summed E-state index contributed by atoms with van der Waals surface area (Å²) in [5.41, 5.74) is 0.564. The molecule has 0 saturated carbocycles. The summed E-state index contributed by atoms with van der Waals surface area (Å²) in [6.07, 6.45) is 1.65.